The van der Waals surface area contributed by atoms with Gasteiger partial charge in [0.2, 0.25) is 0 Å². The molecule has 0 aliphatic rings. The molecular formula is C24H25ClN6O. The smallest absolute Gasteiger partial charge is 0.273 e. The van der Waals surface area contributed by atoms with E-state index in [1.165, 1.54) is 0 Å². The molecule has 0 saturated heterocycles. The molecule has 4 aromatic rings. The van der Waals surface area contributed by atoms with Crippen LogP contribution in [0.4, 0.5) is 5.69 Å². The molecule has 1 amide bonds. The second-order valence-corrected chi connectivity index (χ2v) is 8.36. The molecule has 0 unspecified atom stereocenters. The van der Waals surface area contributed by atoms with Crippen LogP contribution in [-0.2, 0) is 13.1 Å². The maximum absolute atomic E-state index is 13.5. The Morgan fingerprint density at radius 1 is 1.16 bits per heavy atom. The zero-order chi connectivity index (χ0) is 23.0. The highest BCUT2D eigenvalue weighted by Gasteiger charge is 2.21. The quantitative estimate of drug-likeness (QED) is 0.449. The molecule has 2 N–H and O–H groups in total. The van der Waals surface area contributed by atoms with E-state index in [9.17, 15) is 4.79 Å². The second-order valence-electron chi connectivity index (χ2n) is 7.92. The van der Waals surface area contributed by atoms with Gasteiger partial charge in [-0.1, -0.05) is 23.2 Å². The first-order valence-electron chi connectivity index (χ1n) is 10.4. The van der Waals surface area contributed by atoms with Gasteiger partial charge in [-0.25, -0.2) is 9.97 Å². The van der Waals surface area contributed by atoms with Gasteiger partial charge >= 0.3 is 0 Å². The molecule has 0 aliphatic heterocycles. The predicted molar refractivity (Wildman–Crippen MR) is 128 cm³/mol. The summed E-state index contributed by atoms with van der Waals surface area (Å²) < 4.78 is 1.92. The molecule has 2 aromatic carbocycles. The fraction of sp³-hybridized carbons (Fsp3) is 0.250. The number of nitrogens with zero attached hydrogens (tertiary/aromatic N) is 5. The summed E-state index contributed by atoms with van der Waals surface area (Å²) in [6, 6.07) is 11.0. The Hall–Kier alpha value is -3.45. The number of nitrogen functional groups attached to an aromatic ring is 1. The van der Waals surface area contributed by atoms with Crippen molar-refractivity contribution in [2.24, 2.45) is 0 Å². The first kappa shape index (κ1) is 21.8. The molecule has 7 nitrogen and oxygen atoms in total. The van der Waals surface area contributed by atoms with Gasteiger partial charge in [0.1, 0.15) is 5.69 Å². The zero-order valence-corrected chi connectivity index (χ0v) is 19.3. The number of fused-ring (bicyclic) bond motifs is 1. The van der Waals surface area contributed by atoms with E-state index >= 15 is 0 Å². The van der Waals surface area contributed by atoms with Crippen LogP contribution in [0.1, 0.15) is 34.2 Å². The lowest BCUT2D eigenvalue weighted by atomic mass is 10.1. The van der Waals surface area contributed by atoms with Gasteiger partial charge in [0.25, 0.3) is 5.91 Å². The van der Waals surface area contributed by atoms with Gasteiger partial charge in [-0.3, -0.25) is 9.48 Å². The molecule has 0 atom stereocenters. The van der Waals surface area contributed by atoms with Gasteiger partial charge in [-0.2, -0.15) is 5.10 Å². The average molecular weight is 449 g/mol. The number of rotatable bonds is 5. The Morgan fingerprint density at radius 2 is 1.94 bits per heavy atom. The van der Waals surface area contributed by atoms with E-state index in [-0.39, 0.29) is 5.91 Å². The standard InChI is InChI=1S/C24H25ClN6O/c1-5-31-15(3)17(12-27-31)13-30(4)24(32)22-20-8-14(2)6-7-21(20)28-23(29-22)16-9-18(25)11-19(26)10-16/h6-12H,5,13,26H2,1-4H3. The first-order valence-corrected chi connectivity index (χ1v) is 10.8. The summed E-state index contributed by atoms with van der Waals surface area (Å²) in [7, 11) is 1.77. The van der Waals surface area contributed by atoms with Gasteiger partial charge in [-0.05, 0) is 51.1 Å². The van der Waals surface area contributed by atoms with Gasteiger partial charge < -0.3 is 10.6 Å². The van der Waals surface area contributed by atoms with Gasteiger partial charge in [-0.15, -0.1) is 0 Å². The third kappa shape index (κ3) is 4.16. The number of nitrogens with two attached hydrogens (primary N) is 1. The van der Waals surface area contributed by atoms with Crippen molar-refractivity contribution in [3.63, 3.8) is 0 Å². The number of carbonyl (C=O) groups excluding carboxylic acids is 1. The van der Waals surface area contributed by atoms with Crippen molar-refractivity contribution in [1.82, 2.24) is 24.6 Å². The molecule has 0 radical (unpaired) electrons. The Bertz CT molecular complexity index is 1310. The lowest BCUT2D eigenvalue weighted by molar-refractivity contribution is 0.0781. The minimum absolute atomic E-state index is 0.192. The maximum Gasteiger partial charge on any atom is 0.273 e. The molecule has 2 heterocycles. The normalized spacial score (nSPS) is 11.2. The monoisotopic (exact) mass is 448 g/mol. The van der Waals surface area contributed by atoms with Gasteiger partial charge in [0.05, 0.1) is 11.7 Å². The van der Waals surface area contributed by atoms with E-state index in [0.717, 1.165) is 23.4 Å². The van der Waals surface area contributed by atoms with Crippen molar-refractivity contribution < 1.29 is 4.79 Å². The number of carbonyl (C=O) groups is 1. The minimum atomic E-state index is -0.192. The zero-order valence-electron chi connectivity index (χ0n) is 18.6. The summed E-state index contributed by atoms with van der Waals surface area (Å²) in [5, 5.41) is 5.58. The number of amides is 1. The van der Waals surface area contributed by atoms with Crippen LogP contribution in [0.5, 0.6) is 0 Å². The molecule has 0 bridgehead atoms. The van der Waals surface area contributed by atoms with Gasteiger partial charge in [0.15, 0.2) is 5.82 Å². The van der Waals surface area contributed by atoms with Crippen LogP contribution in [0.2, 0.25) is 5.02 Å². The van der Waals surface area contributed by atoms with E-state index in [4.69, 9.17) is 17.3 Å². The fourth-order valence-electron chi connectivity index (χ4n) is 3.74. The van der Waals surface area contributed by atoms with Crippen molar-refractivity contribution in [2.75, 3.05) is 12.8 Å². The summed E-state index contributed by atoms with van der Waals surface area (Å²) in [6.07, 6.45) is 1.81. The van der Waals surface area contributed by atoms with Crippen LogP contribution in [-0.4, -0.2) is 37.6 Å². The topological polar surface area (TPSA) is 89.9 Å². The Labute approximate surface area is 191 Å². The highest BCUT2D eigenvalue weighted by atomic mass is 35.5. The van der Waals surface area contributed by atoms with E-state index in [2.05, 4.69) is 15.1 Å². The number of halogens is 1. The van der Waals surface area contributed by atoms with Crippen LogP contribution in [0.15, 0.2) is 42.6 Å². The molecule has 0 aliphatic carbocycles. The molecule has 0 fully saturated rings. The molecule has 8 heteroatoms. The summed E-state index contributed by atoms with van der Waals surface area (Å²) in [5.41, 5.74) is 11.2. The highest BCUT2D eigenvalue weighted by Crippen LogP contribution is 2.27. The Kier molecular flexibility index (Phi) is 5.84. The first-order chi connectivity index (χ1) is 15.3. The summed E-state index contributed by atoms with van der Waals surface area (Å²) in [4.78, 5) is 24.5. The van der Waals surface area contributed by atoms with Crippen molar-refractivity contribution in [1.29, 1.82) is 0 Å². The average Bonchev–Trinajstić information content (AvgIpc) is 3.11. The molecule has 0 saturated carbocycles. The maximum atomic E-state index is 13.5. The number of hydrogen-bond donors (Lipinski definition) is 1. The largest absolute Gasteiger partial charge is 0.399 e. The summed E-state index contributed by atoms with van der Waals surface area (Å²) in [6.45, 7) is 7.24. The Morgan fingerprint density at radius 3 is 2.62 bits per heavy atom. The van der Waals surface area contributed by atoms with E-state index < -0.39 is 0 Å². The molecule has 164 valence electrons. The highest BCUT2D eigenvalue weighted by molar-refractivity contribution is 6.31. The SMILES string of the molecule is CCn1ncc(CN(C)C(=O)c2nc(-c3cc(N)cc(Cl)c3)nc3ccc(C)cc23)c1C. The molecule has 4 rings (SSSR count). The summed E-state index contributed by atoms with van der Waals surface area (Å²) in [5.74, 6) is 0.213. The number of anilines is 1. The number of aromatic nitrogens is 4. The van der Waals surface area contributed by atoms with Crippen molar-refractivity contribution in [2.45, 2.75) is 33.9 Å². The minimum Gasteiger partial charge on any atom is -0.399 e. The van der Waals surface area contributed by atoms with Crippen LogP contribution in [0.3, 0.4) is 0 Å². The fourth-order valence-corrected chi connectivity index (χ4v) is 3.99. The number of benzene rings is 2. The lowest BCUT2D eigenvalue weighted by Crippen LogP contribution is -2.28. The van der Waals surface area contributed by atoms with Crippen molar-refractivity contribution in [3.05, 3.63) is 70.1 Å². The summed E-state index contributed by atoms with van der Waals surface area (Å²) >= 11 is 6.19. The predicted octanol–water partition coefficient (Wildman–Crippen LogP) is 4.64. The molecule has 2 aromatic heterocycles. The molecule has 32 heavy (non-hydrogen) atoms. The van der Waals surface area contributed by atoms with Crippen LogP contribution in [0, 0.1) is 13.8 Å². The van der Waals surface area contributed by atoms with Crippen LogP contribution >= 0.6 is 11.6 Å². The van der Waals surface area contributed by atoms with Gasteiger partial charge in [0, 0.05) is 53.1 Å². The van der Waals surface area contributed by atoms with E-state index in [1.54, 1.807) is 30.1 Å². The molecular weight excluding hydrogens is 424 g/mol. The van der Waals surface area contributed by atoms with Crippen LogP contribution in [0.25, 0.3) is 22.3 Å². The lowest BCUT2D eigenvalue weighted by Gasteiger charge is -2.18. The van der Waals surface area contributed by atoms with E-state index in [1.807, 2.05) is 49.8 Å². The Balaban J connectivity index is 1.79. The third-order valence-electron chi connectivity index (χ3n) is 5.49. The van der Waals surface area contributed by atoms with Crippen LogP contribution < -0.4 is 5.73 Å². The second kappa shape index (κ2) is 8.59. The molecule has 0 spiro atoms. The number of hydrogen-bond acceptors (Lipinski definition) is 5. The van der Waals surface area contributed by atoms with Crippen molar-refractivity contribution in [3.8, 4) is 11.4 Å². The number of aryl methyl sites for hydroxylation is 2. The van der Waals surface area contributed by atoms with Crippen molar-refractivity contribution >= 4 is 34.1 Å². The van der Waals surface area contributed by atoms with E-state index in [0.29, 0.717) is 45.2 Å². The third-order valence-corrected chi connectivity index (χ3v) is 5.71.